The number of carbonyl (C=O) groups excluding carboxylic acids is 1. The molecule has 1 aliphatic carbocycles. The number of carbonyl (C=O) groups is 1. The van der Waals surface area contributed by atoms with Gasteiger partial charge in [-0.05, 0) is 24.5 Å². The summed E-state index contributed by atoms with van der Waals surface area (Å²) in [5.74, 6) is 0.999. The molecule has 0 heterocycles. The smallest absolute Gasteiger partial charge is 0.164 e. The summed E-state index contributed by atoms with van der Waals surface area (Å²) in [4.78, 5) is 11.7. The zero-order valence-electron chi connectivity index (χ0n) is 8.20. The van der Waals surface area contributed by atoms with Crippen molar-refractivity contribution < 1.29 is 4.79 Å². The Morgan fingerprint density at radius 2 is 2.07 bits per heavy atom. The fourth-order valence-electron chi connectivity index (χ4n) is 1.63. The Kier molecular flexibility index (Phi) is 2.53. The lowest BCUT2D eigenvalue weighted by molar-refractivity contribution is 0.0979. The highest BCUT2D eigenvalue weighted by Crippen LogP contribution is 2.34. The number of anilines is 1. The first-order valence-electron chi connectivity index (χ1n) is 5.15. The van der Waals surface area contributed by atoms with Gasteiger partial charge in [0.15, 0.2) is 5.78 Å². The van der Waals surface area contributed by atoms with Gasteiger partial charge in [-0.15, -0.1) is 0 Å². The molecule has 0 bridgehead atoms. The van der Waals surface area contributed by atoms with Gasteiger partial charge in [0, 0.05) is 17.7 Å². The minimum atomic E-state index is 0.190. The molecule has 0 aliphatic heterocycles. The first-order chi connectivity index (χ1) is 6.77. The van der Waals surface area contributed by atoms with Gasteiger partial charge in [0.05, 0.1) is 0 Å². The molecule has 1 aliphatic rings. The highest BCUT2D eigenvalue weighted by Gasteiger charge is 2.22. The Bertz CT molecular complexity index is 342. The molecular formula is C12H15NO. The van der Waals surface area contributed by atoms with Crippen LogP contribution in [0.1, 0.15) is 36.0 Å². The number of ketones is 1. The SMILES string of the molecule is Nc1ccccc1C(=O)CCC1CC1. The monoisotopic (exact) mass is 189 g/mol. The lowest BCUT2D eigenvalue weighted by Crippen LogP contribution is -2.03. The van der Waals surface area contributed by atoms with E-state index in [1.165, 1.54) is 12.8 Å². The molecule has 2 rings (SSSR count). The Labute approximate surface area is 84.1 Å². The molecule has 14 heavy (non-hydrogen) atoms. The van der Waals surface area contributed by atoms with Crippen molar-refractivity contribution in [3.05, 3.63) is 29.8 Å². The van der Waals surface area contributed by atoms with Gasteiger partial charge in [-0.3, -0.25) is 4.79 Å². The minimum absolute atomic E-state index is 0.190. The molecule has 1 fully saturated rings. The van der Waals surface area contributed by atoms with Gasteiger partial charge in [0.2, 0.25) is 0 Å². The molecule has 0 saturated heterocycles. The first-order valence-corrected chi connectivity index (χ1v) is 5.15. The van der Waals surface area contributed by atoms with Gasteiger partial charge in [0.1, 0.15) is 0 Å². The van der Waals surface area contributed by atoms with Crippen LogP contribution in [0.25, 0.3) is 0 Å². The standard InChI is InChI=1S/C12H15NO/c13-11-4-2-1-3-10(11)12(14)8-7-9-5-6-9/h1-4,9H,5-8,13H2. The van der Waals surface area contributed by atoms with Gasteiger partial charge in [-0.25, -0.2) is 0 Å². The van der Waals surface area contributed by atoms with E-state index in [0.29, 0.717) is 17.7 Å². The summed E-state index contributed by atoms with van der Waals surface area (Å²) in [6, 6.07) is 7.31. The summed E-state index contributed by atoms with van der Waals surface area (Å²) < 4.78 is 0. The maximum absolute atomic E-state index is 11.7. The molecule has 2 nitrogen and oxygen atoms in total. The van der Waals surface area contributed by atoms with Crippen molar-refractivity contribution in [1.82, 2.24) is 0 Å². The predicted molar refractivity (Wildman–Crippen MR) is 57.1 cm³/mol. The van der Waals surface area contributed by atoms with E-state index in [1.807, 2.05) is 18.2 Å². The van der Waals surface area contributed by atoms with Gasteiger partial charge < -0.3 is 5.73 Å². The van der Waals surface area contributed by atoms with E-state index in [4.69, 9.17) is 5.73 Å². The van der Waals surface area contributed by atoms with Crippen molar-refractivity contribution >= 4 is 11.5 Å². The highest BCUT2D eigenvalue weighted by molar-refractivity contribution is 6.00. The Balaban J connectivity index is 1.98. The van der Waals surface area contributed by atoms with Crippen LogP contribution in [0.15, 0.2) is 24.3 Å². The average molecular weight is 189 g/mol. The van der Waals surface area contributed by atoms with E-state index in [9.17, 15) is 4.79 Å². The topological polar surface area (TPSA) is 43.1 Å². The minimum Gasteiger partial charge on any atom is -0.398 e. The van der Waals surface area contributed by atoms with Crippen LogP contribution in [0.4, 0.5) is 5.69 Å². The van der Waals surface area contributed by atoms with E-state index < -0.39 is 0 Å². The second-order valence-electron chi connectivity index (χ2n) is 3.99. The molecule has 1 aromatic rings. The number of rotatable bonds is 4. The third kappa shape index (κ3) is 2.13. The number of nitrogens with two attached hydrogens (primary N) is 1. The maximum atomic E-state index is 11.7. The van der Waals surface area contributed by atoms with Crippen LogP contribution in [0, 0.1) is 5.92 Å². The normalized spacial score (nSPS) is 15.4. The number of Topliss-reactive ketones (excluding diaryl/α,β-unsaturated/α-hetero) is 1. The second-order valence-corrected chi connectivity index (χ2v) is 3.99. The van der Waals surface area contributed by atoms with E-state index in [2.05, 4.69) is 0 Å². The number of benzene rings is 1. The van der Waals surface area contributed by atoms with E-state index in [1.54, 1.807) is 6.07 Å². The molecule has 0 amide bonds. The van der Waals surface area contributed by atoms with Crippen LogP contribution < -0.4 is 5.73 Å². The summed E-state index contributed by atoms with van der Waals surface area (Å²) in [6.07, 6.45) is 4.29. The zero-order valence-corrected chi connectivity index (χ0v) is 8.20. The largest absolute Gasteiger partial charge is 0.398 e. The van der Waals surface area contributed by atoms with Crippen molar-refractivity contribution in [2.24, 2.45) is 5.92 Å². The number of para-hydroxylation sites is 1. The molecule has 0 atom stereocenters. The average Bonchev–Trinajstić information content (AvgIpc) is 2.98. The van der Waals surface area contributed by atoms with Crippen molar-refractivity contribution in [1.29, 1.82) is 0 Å². The Morgan fingerprint density at radius 3 is 2.71 bits per heavy atom. The lowest BCUT2D eigenvalue weighted by Gasteiger charge is -2.03. The molecule has 2 heteroatoms. The molecule has 2 N–H and O–H groups in total. The Morgan fingerprint density at radius 1 is 1.36 bits per heavy atom. The van der Waals surface area contributed by atoms with E-state index in [-0.39, 0.29) is 5.78 Å². The molecular weight excluding hydrogens is 174 g/mol. The van der Waals surface area contributed by atoms with Crippen LogP contribution in [-0.4, -0.2) is 5.78 Å². The summed E-state index contributed by atoms with van der Waals surface area (Å²) >= 11 is 0. The lowest BCUT2D eigenvalue weighted by atomic mass is 10.0. The van der Waals surface area contributed by atoms with Crippen molar-refractivity contribution in [2.45, 2.75) is 25.7 Å². The quantitative estimate of drug-likeness (QED) is 0.584. The first kappa shape index (κ1) is 9.25. The van der Waals surface area contributed by atoms with Gasteiger partial charge in [0.25, 0.3) is 0 Å². The van der Waals surface area contributed by atoms with Crippen LogP contribution in [-0.2, 0) is 0 Å². The predicted octanol–water partition coefficient (Wildman–Crippen LogP) is 2.64. The number of hydrogen-bond donors (Lipinski definition) is 1. The second kappa shape index (κ2) is 3.82. The third-order valence-corrected chi connectivity index (χ3v) is 2.74. The maximum Gasteiger partial charge on any atom is 0.164 e. The summed E-state index contributed by atoms with van der Waals surface area (Å²) in [5, 5.41) is 0. The van der Waals surface area contributed by atoms with Crippen LogP contribution >= 0.6 is 0 Å². The Hall–Kier alpha value is -1.31. The fraction of sp³-hybridized carbons (Fsp3) is 0.417. The summed E-state index contributed by atoms with van der Waals surface area (Å²) in [6.45, 7) is 0. The molecule has 0 aromatic heterocycles. The molecule has 1 aromatic carbocycles. The molecule has 74 valence electrons. The van der Waals surface area contributed by atoms with Crippen molar-refractivity contribution in [2.75, 3.05) is 5.73 Å². The molecule has 0 unspecified atom stereocenters. The molecule has 0 radical (unpaired) electrons. The van der Waals surface area contributed by atoms with E-state index >= 15 is 0 Å². The summed E-state index contributed by atoms with van der Waals surface area (Å²) in [7, 11) is 0. The van der Waals surface area contributed by atoms with Crippen molar-refractivity contribution in [3.8, 4) is 0 Å². The highest BCUT2D eigenvalue weighted by atomic mass is 16.1. The number of hydrogen-bond acceptors (Lipinski definition) is 2. The van der Waals surface area contributed by atoms with Crippen molar-refractivity contribution in [3.63, 3.8) is 0 Å². The van der Waals surface area contributed by atoms with Gasteiger partial charge >= 0.3 is 0 Å². The molecule has 1 saturated carbocycles. The zero-order chi connectivity index (χ0) is 9.97. The van der Waals surface area contributed by atoms with Crippen LogP contribution in [0.3, 0.4) is 0 Å². The van der Waals surface area contributed by atoms with E-state index in [0.717, 1.165) is 12.3 Å². The van der Waals surface area contributed by atoms with Gasteiger partial charge in [-0.1, -0.05) is 25.0 Å². The summed E-state index contributed by atoms with van der Waals surface area (Å²) in [5.41, 5.74) is 7.02. The van der Waals surface area contributed by atoms with Gasteiger partial charge in [-0.2, -0.15) is 0 Å². The molecule has 0 spiro atoms. The number of nitrogen functional groups attached to an aromatic ring is 1. The van der Waals surface area contributed by atoms with Crippen LogP contribution in [0.2, 0.25) is 0 Å². The van der Waals surface area contributed by atoms with Crippen LogP contribution in [0.5, 0.6) is 0 Å². The third-order valence-electron chi connectivity index (χ3n) is 2.74. The fourth-order valence-corrected chi connectivity index (χ4v) is 1.63.